The highest BCUT2D eigenvalue weighted by Gasteiger charge is 2.36. The second kappa shape index (κ2) is 8.43. The van der Waals surface area contributed by atoms with E-state index in [9.17, 15) is 9.90 Å². The second-order valence-electron chi connectivity index (χ2n) is 6.78. The summed E-state index contributed by atoms with van der Waals surface area (Å²) in [7, 11) is 0. The van der Waals surface area contributed by atoms with E-state index in [1.165, 1.54) is 0 Å². The molecule has 26 heavy (non-hydrogen) atoms. The minimum Gasteiger partial charge on any atom is -0.462 e. The van der Waals surface area contributed by atoms with Gasteiger partial charge < -0.3 is 14.7 Å². The van der Waals surface area contributed by atoms with Gasteiger partial charge in [0.15, 0.2) is 5.60 Å². The molecule has 2 aromatic rings. The molecule has 1 unspecified atom stereocenters. The number of likely N-dealkylation sites (tertiary alicyclic amines) is 1. The smallest absolute Gasteiger partial charge is 0.310 e. The van der Waals surface area contributed by atoms with Gasteiger partial charge in [0.2, 0.25) is 0 Å². The SMILES string of the molecule is CCN1CCC[C@H](C(=O)OCC(O)(c2ccccc2)c2ccccn2)C1. The molecule has 0 aliphatic carbocycles. The lowest BCUT2D eigenvalue weighted by atomic mass is 9.90. The molecule has 1 aromatic carbocycles. The number of ether oxygens (including phenoxy) is 1. The van der Waals surface area contributed by atoms with E-state index in [-0.39, 0.29) is 18.5 Å². The Labute approximate surface area is 154 Å². The molecule has 5 heteroatoms. The van der Waals surface area contributed by atoms with E-state index in [2.05, 4.69) is 16.8 Å². The number of pyridine rings is 1. The van der Waals surface area contributed by atoms with Crippen LogP contribution in [-0.4, -0.2) is 47.2 Å². The Morgan fingerprint density at radius 1 is 1.27 bits per heavy atom. The second-order valence-corrected chi connectivity index (χ2v) is 6.78. The molecule has 0 bridgehead atoms. The first-order valence-corrected chi connectivity index (χ1v) is 9.22. The van der Waals surface area contributed by atoms with Gasteiger partial charge >= 0.3 is 5.97 Å². The van der Waals surface area contributed by atoms with Crippen LogP contribution in [0.4, 0.5) is 0 Å². The maximum atomic E-state index is 12.6. The minimum absolute atomic E-state index is 0.132. The normalized spacial score (nSPS) is 20.3. The van der Waals surface area contributed by atoms with Crippen molar-refractivity contribution >= 4 is 5.97 Å². The zero-order valence-corrected chi connectivity index (χ0v) is 15.2. The van der Waals surface area contributed by atoms with Crippen LogP contribution >= 0.6 is 0 Å². The number of esters is 1. The summed E-state index contributed by atoms with van der Waals surface area (Å²) in [6.07, 6.45) is 3.46. The van der Waals surface area contributed by atoms with E-state index in [0.29, 0.717) is 11.3 Å². The van der Waals surface area contributed by atoms with Crippen molar-refractivity contribution in [2.24, 2.45) is 5.92 Å². The number of hydrogen-bond acceptors (Lipinski definition) is 5. The van der Waals surface area contributed by atoms with Gasteiger partial charge in [-0.2, -0.15) is 0 Å². The molecule has 5 nitrogen and oxygen atoms in total. The van der Waals surface area contributed by atoms with E-state index in [0.717, 1.165) is 32.5 Å². The van der Waals surface area contributed by atoms with Gasteiger partial charge in [0.05, 0.1) is 11.6 Å². The molecule has 2 heterocycles. The van der Waals surface area contributed by atoms with Gasteiger partial charge in [-0.3, -0.25) is 9.78 Å². The van der Waals surface area contributed by atoms with Crippen molar-refractivity contribution < 1.29 is 14.6 Å². The number of aliphatic hydroxyl groups is 1. The van der Waals surface area contributed by atoms with Crippen molar-refractivity contribution in [3.8, 4) is 0 Å². The van der Waals surface area contributed by atoms with Crippen LogP contribution in [-0.2, 0) is 15.1 Å². The Morgan fingerprint density at radius 2 is 2.04 bits per heavy atom. The molecular weight excluding hydrogens is 328 g/mol. The van der Waals surface area contributed by atoms with Crippen molar-refractivity contribution in [3.63, 3.8) is 0 Å². The lowest BCUT2D eigenvalue weighted by Crippen LogP contribution is -2.41. The summed E-state index contributed by atoms with van der Waals surface area (Å²) < 4.78 is 5.59. The third-order valence-corrected chi connectivity index (χ3v) is 5.05. The fourth-order valence-electron chi connectivity index (χ4n) is 3.46. The van der Waals surface area contributed by atoms with Crippen molar-refractivity contribution in [2.45, 2.75) is 25.4 Å². The topological polar surface area (TPSA) is 62.7 Å². The standard InChI is InChI=1S/C21H26N2O3/c1-2-23-14-8-9-17(15-23)20(24)26-16-21(25,18-10-4-3-5-11-18)19-12-6-7-13-22-19/h3-7,10-13,17,25H,2,8-9,14-16H2,1H3/t17-,21?/m0/s1. The van der Waals surface area contributed by atoms with Crippen LogP contribution < -0.4 is 0 Å². The highest BCUT2D eigenvalue weighted by Crippen LogP contribution is 2.29. The lowest BCUT2D eigenvalue weighted by molar-refractivity contribution is -0.156. The van der Waals surface area contributed by atoms with Gasteiger partial charge in [-0.05, 0) is 43.6 Å². The van der Waals surface area contributed by atoms with Gasteiger partial charge in [-0.1, -0.05) is 43.3 Å². The number of carbonyl (C=O) groups excluding carboxylic acids is 1. The predicted octanol–water partition coefficient (Wildman–Crippen LogP) is 2.59. The van der Waals surface area contributed by atoms with Crippen LogP contribution in [0.5, 0.6) is 0 Å². The summed E-state index contributed by atoms with van der Waals surface area (Å²) in [5.74, 6) is -0.374. The van der Waals surface area contributed by atoms with Gasteiger partial charge in [0.1, 0.15) is 6.61 Å². The molecule has 1 aliphatic rings. The third-order valence-electron chi connectivity index (χ3n) is 5.05. The first-order valence-electron chi connectivity index (χ1n) is 9.22. The maximum absolute atomic E-state index is 12.6. The van der Waals surface area contributed by atoms with Crippen molar-refractivity contribution in [3.05, 3.63) is 66.0 Å². The zero-order chi connectivity index (χ0) is 18.4. The third kappa shape index (κ3) is 4.11. The quantitative estimate of drug-likeness (QED) is 0.808. The van der Waals surface area contributed by atoms with E-state index in [1.807, 2.05) is 36.4 Å². The van der Waals surface area contributed by atoms with E-state index >= 15 is 0 Å². The van der Waals surface area contributed by atoms with E-state index < -0.39 is 5.60 Å². The van der Waals surface area contributed by atoms with Crippen molar-refractivity contribution in [1.82, 2.24) is 9.88 Å². The van der Waals surface area contributed by atoms with E-state index in [1.54, 1.807) is 18.3 Å². The zero-order valence-electron chi connectivity index (χ0n) is 15.2. The van der Waals surface area contributed by atoms with Crippen molar-refractivity contribution in [2.75, 3.05) is 26.2 Å². The lowest BCUT2D eigenvalue weighted by Gasteiger charge is -2.32. The number of carbonyl (C=O) groups is 1. The highest BCUT2D eigenvalue weighted by atomic mass is 16.5. The largest absolute Gasteiger partial charge is 0.462 e. The molecule has 0 radical (unpaired) electrons. The number of aromatic nitrogens is 1. The fraction of sp³-hybridized carbons (Fsp3) is 0.429. The Kier molecular flexibility index (Phi) is 6.01. The molecule has 2 atom stereocenters. The van der Waals surface area contributed by atoms with E-state index in [4.69, 9.17) is 4.74 Å². The minimum atomic E-state index is -1.46. The Balaban J connectivity index is 1.76. The molecule has 1 fully saturated rings. The predicted molar refractivity (Wildman–Crippen MR) is 99.5 cm³/mol. The molecule has 0 amide bonds. The van der Waals surface area contributed by atoms with Crippen LogP contribution in [0.3, 0.4) is 0 Å². The monoisotopic (exact) mass is 354 g/mol. The molecule has 0 saturated carbocycles. The molecular formula is C21H26N2O3. The number of hydrogen-bond donors (Lipinski definition) is 1. The van der Waals surface area contributed by atoms with Gasteiger partial charge in [0.25, 0.3) is 0 Å². The summed E-state index contributed by atoms with van der Waals surface area (Å²) in [6.45, 7) is 4.65. The van der Waals surface area contributed by atoms with Gasteiger partial charge in [-0.15, -0.1) is 0 Å². The number of benzene rings is 1. The molecule has 1 N–H and O–H groups in total. The van der Waals surface area contributed by atoms with Crippen LogP contribution in [0.1, 0.15) is 31.0 Å². The van der Waals surface area contributed by atoms with Crippen LogP contribution in [0.15, 0.2) is 54.7 Å². The summed E-state index contributed by atoms with van der Waals surface area (Å²) >= 11 is 0. The fourth-order valence-corrected chi connectivity index (χ4v) is 3.46. The molecule has 3 rings (SSSR count). The Bertz CT molecular complexity index is 666. The molecule has 0 spiro atoms. The first kappa shape index (κ1) is 18.5. The number of piperidine rings is 1. The summed E-state index contributed by atoms with van der Waals surface area (Å²) in [4.78, 5) is 19.1. The van der Waals surface area contributed by atoms with Crippen LogP contribution in [0.2, 0.25) is 0 Å². The molecule has 1 aromatic heterocycles. The maximum Gasteiger partial charge on any atom is 0.310 e. The summed E-state index contributed by atoms with van der Waals surface area (Å²) in [5.41, 5.74) is -0.333. The van der Waals surface area contributed by atoms with Crippen molar-refractivity contribution in [1.29, 1.82) is 0 Å². The highest BCUT2D eigenvalue weighted by molar-refractivity contribution is 5.73. The Morgan fingerprint density at radius 3 is 2.73 bits per heavy atom. The van der Waals surface area contributed by atoms with Gasteiger partial charge in [-0.25, -0.2) is 0 Å². The molecule has 1 saturated heterocycles. The average Bonchev–Trinajstić information content (AvgIpc) is 2.73. The van der Waals surface area contributed by atoms with Crippen LogP contribution in [0.25, 0.3) is 0 Å². The number of nitrogens with zero attached hydrogens (tertiary/aromatic N) is 2. The first-order chi connectivity index (χ1) is 12.6. The van der Waals surface area contributed by atoms with Crippen LogP contribution in [0, 0.1) is 5.92 Å². The average molecular weight is 354 g/mol. The van der Waals surface area contributed by atoms with Gasteiger partial charge in [0, 0.05) is 12.7 Å². The Hall–Kier alpha value is -2.24. The summed E-state index contributed by atoms with van der Waals surface area (Å²) in [5, 5.41) is 11.3. The molecule has 138 valence electrons. The molecule has 1 aliphatic heterocycles. The number of rotatable bonds is 6. The summed E-state index contributed by atoms with van der Waals surface area (Å²) in [6, 6.07) is 14.6.